The summed E-state index contributed by atoms with van der Waals surface area (Å²) in [6, 6.07) is 7.98. The van der Waals surface area contributed by atoms with Gasteiger partial charge in [-0.2, -0.15) is 0 Å². The molecule has 1 unspecified atom stereocenters. The van der Waals surface area contributed by atoms with Gasteiger partial charge in [0.2, 0.25) is 0 Å². The number of nitrogens with two attached hydrogens (primary N) is 1. The zero-order valence-corrected chi connectivity index (χ0v) is 12.2. The van der Waals surface area contributed by atoms with Crippen LogP contribution in [0, 0.1) is 0 Å². The quantitative estimate of drug-likeness (QED) is 0.849. The largest absolute Gasteiger partial charge is 0.389 e. The Bertz CT molecular complexity index is 665. The average molecular weight is 287 g/mol. The second-order valence-corrected chi connectivity index (χ2v) is 5.86. The maximum atomic E-state index is 5.84. The molecule has 1 aliphatic rings. The Morgan fingerprint density at radius 2 is 2.25 bits per heavy atom. The number of nitrogens with one attached hydrogen (secondary N) is 1. The summed E-state index contributed by atoms with van der Waals surface area (Å²) in [6.45, 7) is 3.61. The van der Waals surface area contributed by atoms with E-state index in [1.807, 2.05) is 24.3 Å². The molecule has 0 bridgehead atoms. The number of rotatable bonds is 3. The minimum absolute atomic E-state index is 0.0936. The lowest BCUT2D eigenvalue weighted by atomic mass is 9.99. The van der Waals surface area contributed by atoms with E-state index in [0.29, 0.717) is 11.6 Å². The van der Waals surface area contributed by atoms with Crippen molar-refractivity contribution >= 4 is 33.8 Å². The number of thiocarbonyl (C=S) groups is 1. The van der Waals surface area contributed by atoms with Crippen LogP contribution in [0.4, 0.5) is 5.69 Å². The summed E-state index contributed by atoms with van der Waals surface area (Å²) in [5.74, 6) is 0. The lowest BCUT2D eigenvalue weighted by molar-refractivity contribution is 0.185. The molecule has 2 aromatic rings. The first-order valence-electron chi connectivity index (χ1n) is 6.63. The number of hydrogen-bond acceptors (Lipinski definition) is 4. The molecule has 1 atom stereocenters. The summed E-state index contributed by atoms with van der Waals surface area (Å²) in [6.07, 6.45) is 2.70. The molecular weight excluding hydrogens is 270 g/mol. The molecule has 104 valence electrons. The summed E-state index contributed by atoms with van der Waals surface area (Å²) in [5, 5.41) is 4.61. The normalized spacial score (nSPS) is 22.1. The molecule has 0 radical (unpaired) electrons. The number of aromatic nitrogens is 1. The van der Waals surface area contributed by atoms with E-state index in [9.17, 15) is 0 Å². The Morgan fingerprint density at radius 3 is 2.95 bits per heavy atom. The second kappa shape index (κ2) is 5.00. The van der Waals surface area contributed by atoms with Gasteiger partial charge in [0.25, 0.3) is 0 Å². The third-order valence-electron chi connectivity index (χ3n) is 3.69. The predicted octanol–water partition coefficient (Wildman–Crippen LogP) is 2.46. The van der Waals surface area contributed by atoms with E-state index in [-0.39, 0.29) is 5.54 Å². The Hall–Kier alpha value is -1.72. The molecule has 5 heteroatoms. The van der Waals surface area contributed by atoms with Crippen LogP contribution in [0.1, 0.15) is 18.9 Å². The van der Waals surface area contributed by atoms with Crippen molar-refractivity contribution in [1.82, 2.24) is 4.98 Å². The van der Waals surface area contributed by atoms with Gasteiger partial charge in [-0.25, -0.2) is 0 Å². The molecule has 1 saturated heterocycles. The third-order valence-corrected chi connectivity index (χ3v) is 3.91. The lowest BCUT2D eigenvalue weighted by Gasteiger charge is -2.27. The van der Waals surface area contributed by atoms with Crippen molar-refractivity contribution in [2.24, 2.45) is 5.73 Å². The SMILES string of the molecule is CC1(Nc2c(C(N)=S)cnc3ccccc23)CCOC1. The molecule has 0 aliphatic carbocycles. The summed E-state index contributed by atoms with van der Waals surface area (Å²) in [5.41, 5.74) is 8.42. The van der Waals surface area contributed by atoms with Gasteiger partial charge in [-0.05, 0) is 19.4 Å². The Balaban J connectivity index is 2.14. The van der Waals surface area contributed by atoms with Crippen LogP contribution in [-0.4, -0.2) is 28.7 Å². The fourth-order valence-electron chi connectivity index (χ4n) is 2.53. The van der Waals surface area contributed by atoms with Crippen LogP contribution in [0.25, 0.3) is 10.9 Å². The van der Waals surface area contributed by atoms with Crippen molar-refractivity contribution in [1.29, 1.82) is 0 Å². The fourth-order valence-corrected chi connectivity index (χ4v) is 2.68. The Kier molecular flexibility index (Phi) is 3.31. The Morgan fingerprint density at radius 1 is 1.45 bits per heavy atom. The van der Waals surface area contributed by atoms with Gasteiger partial charge >= 0.3 is 0 Å². The molecule has 1 aromatic heterocycles. The van der Waals surface area contributed by atoms with E-state index in [0.717, 1.165) is 35.2 Å². The monoisotopic (exact) mass is 287 g/mol. The number of benzene rings is 1. The zero-order valence-electron chi connectivity index (χ0n) is 11.3. The number of hydrogen-bond donors (Lipinski definition) is 2. The molecule has 0 amide bonds. The van der Waals surface area contributed by atoms with Crippen LogP contribution in [-0.2, 0) is 4.74 Å². The van der Waals surface area contributed by atoms with Crippen molar-refractivity contribution in [3.05, 3.63) is 36.0 Å². The molecule has 3 N–H and O–H groups in total. The maximum Gasteiger partial charge on any atom is 0.107 e. The van der Waals surface area contributed by atoms with E-state index in [4.69, 9.17) is 22.7 Å². The first kappa shape index (κ1) is 13.3. The molecule has 4 nitrogen and oxygen atoms in total. The van der Waals surface area contributed by atoms with Crippen molar-refractivity contribution in [3.8, 4) is 0 Å². The van der Waals surface area contributed by atoms with Gasteiger partial charge in [-0.3, -0.25) is 4.98 Å². The van der Waals surface area contributed by atoms with E-state index < -0.39 is 0 Å². The molecule has 3 rings (SSSR count). The highest BCUT2D eigenvalue weighted by Crippen LogP contribution is 2.31. The molecule has 1 aromatic carbocycles. The number of ether oxygens (including phenoxy) is 1. The van der Waals surface area contributed by atoms with Crippen molar-refractivity contribution in [2.75, 3.05) is 18.5 Å². The van der Waals surface area contributed by atoms with Crippen LogP contribution in [0.3, 0.4) is 0 Å². The van der Waals surface area contributed by atoms with Gasteiger partial charge in [0.05, 0.1) is 28.9 Å². The van der Waals surface area contributed by atoms with E-state index in [1.54, 1.807) is 6.20 Å². The van der Waals surface area contributed by atoms with E-state index in [1.165, 1.54) is 0 Å². The molecule has 20 heavy (non-hydrogen) atoms. The highest BCUT2D eigenvalue weighted by Gasteiger charge is 2.30. The zero-order chi connectivity index (χ0) is 14.2. The molecule has 1 aliphatic heterocycles. The second-order valence-electron chi connectivity index (χ2n) is 5.42. The minimum Gasteiger partial charge on any atom is -0.389 e. The predicted molar refractivity (Wildman–Crippen MR) is 85.1 cm³/mol. The lowest BCUT2D eigenvalue weighted by Crippen LogP contribution is -2.36. The fraction of sp³-hybridized carbons (Fsp3) is 0.333. The number of anilines is 1. The van der Waals surface area contributed by atoms with Gasteiger partial charge in [0.1, 0.15) is 4.99 Å². The highest BCUT2D eigenvalue weighted by atomic mass is 32.1. The first-order valence-corrected chi connectivity index (χ1v) is 7.03. The Labute approximate surface area is 123 Å². The molecular formula is C15H17N3OS. The molecule has 0 saturated carbocycles. The summed E-state index contributed by atoms with van der Waals surface area (Å²) in [4.78, 5) is 4.78. The van der Waals surface area contributed by atoms with Crippen LogP contribution in [0.15, 0.2) is 30.5 Å². The standard InChI is InChI=1S/C15H17N3OS/c1-15(6-7-19-9-15)18-13-10-4-2-3-5-12(10)17-8-11(13)14(16)20/h2-5,8H,6-7,9H2,1H3,(H2,16,20)(H,17,18). The first-order chi connectivity index (χ1) is 9.59. The number of para-hydroxylation sites is 1. The average Bonchev–Trinajstić information content (AvgIpc) is 2.85. The van der Waals surface area contributed by atoms with Crippen LogP contribution >= 0.6 is 12.2 Å². The van der Waals surface area contributed by atoms with Crippen molar-refractivity contribution in [2.45, 2.75) is 18.9 Å². The van der Waals surface area contributed by atoms with Crippen molar-refractivity contribution < 1.29 is 4.74 Å². The van der Waals surface area contributed by atoms with E-state index in [2.05, 4.69) is 17.2 Å². The summed E-state index contributed by atoms with van der Waals surface area (Å²) >= 11 is 5.16. The summed E-state index contributed by atoms with van der Waals surface area (Å²) in [7, 11) is 0. The molecule has 0 spiro atoms. The van der Waals surface area contributed by atoms with Gasteiger partial charge < -0.3 is 15.8 Å². The summed E-state index contributed by atoms with van der Waals surface area (Å²) < 4.78 is 5.50. The highest BCUT2D eigenvalue weighted by molar-refractivity contribution is 7.80. The van der Waals surface area contributed by atoms with Crippen molar-refractivity contribution in [3.63, 3.8) is 0 Å². The molecule has 1 fully saturated rings. The van der Waals surface area contributed by atoms with Gasteiger partial charge in [-0.1, -0.05) is 30.4 Å². The van der Waals surface area contributed by atoms with Gasteiger partial charge in [-0.15, -0.1) is 0 Å². The number of nitrogens with zero attached hydrogens (tertiary/aromatic N) is 1. The molecule has 2 heterocycles. The van der Waals surface area contributed by atoms with Gasteiger partial charge in [0, 0.05) is 18.2 Å². The van der Waals surface area contributed by atoms with Gasteiger partial charge in [0.15, 0.2) is 0 Å². The number of pyridine rings is 1. The van der Waals surface area contributed by atoms with Crippen LogP contribution < -0.4 is 11.1 Å². The number of fused-ring (bicyclic) bond motifs is 1. The maximum absolute atomic E-state index is 5.84. The third kappa shape index (κ3) is 2.34. The van der Waals surface area contributed by atoms with Crippen LogP contribution in [0.5, 0.6) is 0 Å². The minimum atomic E-state index is -0.0936. The van der Waals surface area contributed by atoms with Crippen LogP contribution in [0.2, 0.25) is 0 Å². The van der Waals surface area contributed by atoms with E-state index >= 15 is 0 Å². The topological polar surface area (TPSA) is 60.2 Å². The smallest absolute Gasteiger partial charge is 0.107 e.